The molecular formula is C12H15N5O7. The third kappa shape index (κ3) is 1.92. The van der Waals surface area contributed by atoms with Crippen LogP contribution < -0.4 is 10.9 Å². The Morgan fingerprint density at radius 1 is 1.25 bits per heavy atom. The van der Waals surface area contributed by atoms with Gasteiger partial charge in [0.25, 0.3) is 5.56 Å². The van der Waals surface area contributed by atoms with Crippen LogP contribution in [0, 0.1) is 0 Å². The molecule has 4 heterocycles. The van der Waals surface area contributed by atoms with Gasteiger partial charge in [0, 0.05) is 0 Å². The minimum Gasteiger partial charge on any atom is -0.394 e. The van der Waals surface area contributed by atoms with Crippen molar-refractivity contribution in [3.63, 3.8) is 0 Å². The number of imidazole rings is 1. The average molecular weight is 341 g/mol. The second kappa shape index (κ2) is 5.20. The van der Waals surface area contributed by atoms with Gasteiger partial charge < -0.3 is 35.6 Å². The molecule has 2 aromatic heterocycles. The first-order chi connectivity index (χ1) is 11.4. The summed E-state index contributed by atoms with van der Waals surface area (Å²) in [5, 5.41) is 50.9. The topological polar surface area (TPSA) is 175 Å². The number of fused-ring (bicyclic) bond motifs is 2. The van der Waals surface area contributed by atoms with E-state index in [4.69, 9.17) is 9.84 Å². The summed E-state index contributed by atoms with van der Waals surface area (Å²) in [7, 11) is 0. The van der Waals surface area contributed by atoms with E-state index in [9.17, 15) is 25.2 Å². The number of rotatable bonds is 2. The maximum absolute atomic E-state index is 12.4. The maximum atomic E-state index is 12.4. The van der Waals surface area contributed by atoms with Crippen molar-refractivity contribution >= 4 is 17.1 Å². The minimum absolute atomic E-state index is 0.0369. The van der Waals surface area contributed by atoms with Crippen LogP contribution in [0.4, 0.5) is 5.95 Å². The highest BCUT2D eigenvalue weighted by atomic mass is 16.6. The van der Waals surface area contributed by atoms with E-state index in [-0.39, 0.29) is 17.1 Å². The molecule has 0 bridgehead atoms. The van der Waals surface area contributed by atoms with Crippen molar-refractivity contribution in [2.45, 2.75) is 37.0 Å². The fourth-order valence-electron chi connectivity index (χ4n) is 2.97. The number of aliphatic hydroxyl groups excluding tert-OH is 5. The molecule has 6 N–H and O–H groups in total. The van der Waals surface area contributed by atoms with Crippen molar-refractivity contribution in [3.8, 4) is 0 Å². The Labute approximate surface area is 133 Å². The van der Waals surface area contributed by atoms with E-state index >= 15 is 0 Å². The molecule has 0 aromatic carbocycles. The molecule has 12 nitrogen and oxygen atoms in total. The predicted molar refractivity (Wildman–Crippen MR) is 75.7 cm³/mol. The monoisotopic (exact) mass is 341 g/mol. The first-order valence-electron chi connectivity index (χ1n) is 7.18. The number of nitrogens with zero attached hydrogens (tertiary/aromatic N) is 4. The number of nitrogens with one attached hydrogen (secondary N) is 1. The van der Waals surface area contributed by atoms with E-state index in [1.54, 1.807) is 0 Å². The Kier molecular flexibility index (Phi) is 3.35. The zero-order valence-electron chi connectivity index (χ0n) is 12.1. The number of hydrogen-bond acceptors (Lipinski definition) is 10. The molecule has 0 radical (unpaired) electrons. The van der Waals surface area contributed by atoms with E-state index in [1.165, 1.54) is 10.9 Å². The van der Waals surface area contributed by atoms with Crippen molar-refractivity contribution in [1.82, 2.24) is 19.1 Å². The molecule has 0 aliphatic carbocycles. The molecule has 2 aliphatic rings. The van der Waals surface area contributed by atoms with Gasteiger partial charge in [0.1, 0.15) is 18.3 Å². The molecule has 1 fully saturated rings. The van der Waals surface area contributed by atoms with E-state index in [2.05, 4.69) is 15.3 Å². The van der Waals surface area contributed by atoms with Gasteiger partial charge in [-0.3, -0.25) is 9.36 Å². The van der Waals surface area contributed by atoms with Gasteiger partial charge in [-0.2, -0.15) is 4.98 Å². The fraction of sp³-hybridized carbons (Fsp3) is 0.583. The average Bonchev–Trinajstić information content (AvgIpc) is 3.18. The Hall–Kier alpha value is -2.09. The number of aromatic nitrogens is 4. The standard InChI is InChI=1S/C12H15N5O7/c18-1-3-5(19)6(20)11(24-3)16-2-13-4-7(16)14-12-15-8(21)10(23)17(12)9(4)22/h2-3,5-6,8,10-11,18-21,23H,1H2,(H,14,15). The first-order valence-corrected chi connectivity index (χ1v) is 7.18. The highest BCUT2D eigenvalue weighted by molar-refractivity contribution is 5.71. The van der Waals surface area contributed by atoms with E-state index in [0.717, 1.165) is 4.57 Å². The van der Waals surface area contributed by atoms with Gasteiger partial charge in [-0.1, -0.05) is 0 Å². The van der Waals surface area contributed by atoms with Crippen molar-refractivity contribution < 1.29 is 30.3 Å². The van der Waals surface area contributed by atoms with E-state index in [1.807, 2.05) is 0 Å². The van der Waals surface area contributed by atoms with Crippen LogP contribution in [0.1, 0.15) is 12.5 Å². The molecule has 4 rings (SSSR count). The second-order valence-corrected chi connectivity index (χ2v) is 5.67. The van der Waals surface area contributed by atoms with Crippen LogP contribution in [0.15, 0.2) is 11.1 Å². The molecule has 12 heteroatoms. The summed E-state index contributed by atoms with van der Waals surface area (Å²) >= 11 is 0. The molecule has 2 aromatic rings. The third-order valence-corrected chi connectivity index (χ3v) is 4.24. The van der Waals surface area contributed by atoms with Gasteiger partial charge in [0.2, 0.25) is 5.95 Å². The molecule has 0 saturated carbocycles. The molecule has 6 unspecified atom stereocenters. The zero-order chi connectivity index (χ0) is 17.2. The van der Waals surface area contributed by atoms with Crippen LogP contribution in [0.5, 0.6) is 0 Å². The summed E-state index contributed by atoms with van der Waals surface area (Å²) in [4.78, 5) is 20.5. The van der Waals surface area contributed by atoms with E-state index < -0.39 is 49.2 Å². The maximum Gasteiger partial charge on any atom is 0.285 e. The van der Waals surface area contributed by atoms with E-state index in [0.29, 0.717) is 0 Å². The van der Waals surface area contributed by atoms with Gasteiger partial charge >= 0.3 is 0 Å². The van der Waals surface area contributed by atoms with Crippen molar-refractivity contribution in [1.29, 1.82) is 0 Å². The summed E-state index contributed by atoms with van der Waals surface area (Å²) in [5.74, 6) is -0.0685. The van der Waals surface area contributed by atoms with Gasteiger partial charge in [-0.25, -0.2) is 9.55 Å². The Balaban J connectivity index is 1.84. The lowest BCUT2D eigenvalue weighted by Gasteiger charge is -2.16. The highest BCUT2D eigenvalue weighted by Gasteiger charge is 2.44. The smallest absolute Gasteiger partial charge is 0.285 e. The lowest BCUT2D eigenvalue weighted by molar-refractivity contribution is -0.0511. The summed E-state index contributed by atoms with van der Waals surface area (Å²) < 4.78 is 7.51. The summed E-state index contributed by atoms with van der Waals surface area (Å²) in [6, 6.07) is 0. The fourth-order valence-corrected chi connectivity index (χ4v) is 2.97. The molecule has 130 valence electrons. The van der Waals surface area contributed by atoms with Crippen LogP contribution in [-0.2, 0) is 4.74 Å². The van der Waals surface area contributed by atoms with Crippen LogP contribution in [0.3, 0.4) is 0 Å². The normalized spacial score (nSPS) is 35.4. The van der Waals surface area contributed by atoms with Gasteiger partial charge in [0.05, 0.1) is 12.9 Å². The molecular weight excluding hydrogens is 326 g/mol. The summed E-state index contributed by atoms with van der Waals surface area (Å²) in [6.07, 6.45) is -6.44. The number of ether oxygens (including phenoxy) is 1. The lowest BCUT2D eigenvalue weighted by atomic mass is 10.1. The molecule has 24 heavy (non-hydrogen) atoms. The first kappa shape index (κ1) is 15.4. The molecule has 0 amide bonds. The van der Waals surface area contributed by atoms with Crippen LogP contribution in [0.25, 0.3) is 11.2 Å². The minimum atomic E-state index is -1.50. The van der Waals surface area contributed by atoms with Crippen LogP contribution >= 0.6 is 0 Å². The van der Waals surface area contributed by atoms with Gasteiger partial charge in [-0.05, 0) is 0 Å². The molecule has 2 aliphatic heterocycles. The van der Waals surface area contributed by atoms with Gasteiger partial charge in [0.15, 0.2) is 29.8 Å². The Morgan fingerprint density at radius 3 is 2.67 bits per heavy atom. The number of aliphatic hydroxyl groups is 5. The van der Waals surface area contributed by atoms with Crippen LogP contribution in [0.2, 0.25) is 0 Å². The Morgan fingerprint density at radius 2 is 2.00 bits per heavy atom. The van der Waals surface area contributed by atoms with Crippen molar-refractivity contribution in [2.24, 2.45) is 0 Å². The third-order valence-electron chi connectivity index (χ3n) is 4.24. The second-order valence-electron chi connectivity index (χ2n) is 5.67. The van der Waals surface area contributed by atoms with Crippen LogP contribution in [-0.4, -0.2) is 75.8 Å². The summed E-state index contributed by atoms with van der Waals surface area (Å²) in [5.41, 5.74) is -0.752. The molecule has 0 spiro atoms. The van der Waals surface area contributed by atoms with Crippen molar-refractivity contribution in [3.05, 3.63) is 16.7 Å². The molecule has 6 atom stereocenters. The predicted octanol–water partition coefficient (Wildman–Crippen LogP) is -3.56. The SMILES string of the molecule is O=c1c2ncn(C3OC(CO)C(O)C3O)c2nc2n1C(O)C(O)N2. The van der Waals surface area contributed by atoms with Gasteiger partial charge in [-0.15, -0.1) is 0 Å². The quantitative estimate of drug-likeness (QED) is 0.320. The highest BCUT2D eigenvalue weighted by Crippen LogP contribution is 2.31. The molecule has 1 saturated heterocycles. The lowest BCUT2D eigenvalue weighted by Crippen LogP contribution is -2.33. The largest absolute Gasteiger partial charge is 0.394 e. The number of hydrogen-bond donors (Lipinski definition) is 6. The summed E-state index contributed by atoms with van der Waals surface area (Å²) in [6.45, 7) is -0.493. The number of anilines is 1. The van der Waals surface area contributed by atoms with Crippen molar-refractivity contribution in [2.75, 3.05) is 11.9 Å². The Bertz CT molecular complexity index is 850. The zero-order valence-corrected chi connectivity index (χ0v) is 12.1.